The first-order valence-corrected chi connectivity index (χ1v) is 10.4. The summed E-state index contributed by atoms with van der Waals surface area (Å²) < 4.78 is 6.93. The molecule has 6 nitrogen and oxygen atoms in total. The average molecular weight is 420 g/mol. The van der Waals surface area contributed by atoms with Crippen LogP contribution in [0.4, 0.5) is 0 Å². The second-order valence-electron chi connectivity index (χ2n) is 6.96. The number of nitrogens with one attached hydrogen (secondary N) is 1. The lowest BCUT2D eigenvalue weighted by Crippen LogP contribution is -2.29. The van der Waals surface area contributed by atoms with Crippen LogP contribution in [-0.2, 0) is 11.3 Å². The van der Waals surface area contributed by atoms with E-state index in [9.17, 15) is 9.59 Å². The molecule has 0 saturated carbocycles. The molecule has 0 aliphatic carbocycles. The Morgan fingerprint density at radius 1 is 1.32 bits per heavy atom. The van der Waals surface area contributed by atoms with Gasteiger partial charge in [-0.25, -0.2) is 4.98 Å². The third-order valence-corrected chi connectivity index (χ3v) is 5.32. The number of carbonyl (C=O) groups excluding carboxylic acids is 1. The van der Waals surface area contributed by atoms with Gasteiger partial charge >= 0.3 is 0 Å². The molecule has 1 N–H and O–H groups in total. The predicted octanol–water partition coefficient (Wildman–Crippen LogP) is 4.27. The summed E-state index contributed by atoms with van der Waals surface area (Å²) in [5, 5.41) is 4.38. The van der Waals surface area contributed by atoms with Crippen LogP contribution < -0.4 is 10.9 Å². The molecule has 3 rings (SSSR count). The minimum absolute atomic E-state index is 0.145. The number of carbonyl (C=O) groups is 1. The Kier molecular flexibility index (Phi) is 6.46. The smallest absolute Gasteiger partial charge is 0.262 e. The minimum atomic E-state index is -0.229. The molecule has 0 fully saturated rings. The zero-order valence-electron chi connectivity index (χ0n) is 15.9. The first-order valence-electron chi connectivity index (χ1n) is 9.01. The molecule has 0 aliphatic heterocycles. The second kappa shape index (κ2) is 8.84. The SMILES string of the molecule is CC(C)Cn1c(SCC(=O)N[C@@H](C)c2ccco2)nc2ccc(Cl)cc2c1=O. The third-order valence-electron chi connectivity index (χ3n) is 4.11. The molecule has 3 aromatic rings. The summed E-state index contributed by atoms with van der Waals surface area (Å²) in [6.45, 7) is 6.43. The fraction of sp³-hybridized carbons (Fsp3) is 0.350. The lowest BCUT2D eigenvalue weighted by atomic mass is 10.2. The number of furan rings is 1. The van der Waals surface area contributed by atoms with Gasteiger partial charge in [0.25, 0.3) is 5.56 Å². The van der Waals surface area contributed by atoms with Crippen LogP contribution in [-0.4, -0.2) is 21.2 Å². The number of benzene rings is 1. The van der Waals surface area contributed by atoms with Gasteiger partial charge in [0.05, 0.1) is 29.0 Å². The predicted molar refractivity (Wildman–Crippen MR) is 112 cm³/mol. The van der Waals surface area contributed by atoms with Crippen LogP contribution >= 0.6 is 23.4 Å². The van der Waals surface area contributed by atoms with Crippen LogP contribution in [0.2, 0.25) is 5.02 Å². The summed E-state index contributed by atoms with van der Waals surface area (Å²) in [6.07, 6.45) is 1.57. The van der Waals surface area contributed by atoms with Gasteiger partial charge in [0.15, 0.2) is 5.16 Å². The van der Waals surface area contributed by atoms with Crippen molar-refractivity contribution in [2.75, 3.05) is 5.75 Å². The molecule has 0 bridgehead atoms. The molecule has 0 aliphatic rings. The molecule has 2 heterocycles. The largest absolute Gasteiger partial charge is 0.467 e. The molecule has 0 saturated heterocycles. The minimum Gasteiger partial charge on any atom is -0.467 e. The van der Waals surface area contributed by atoms with Crippen molar-refractivity contribution >= 4 is 40.2 Å². The second-order valence-corrected chi connectivity index (χ2v) is 8.34. The monoisotopic (exact) mass is 419 g/mol. The van der Waals surface area contributed by atoms with Gasteiger partial charge in [-0.15, -0.1) is 0 Å². The number of hydrogen-bond donors (Lipinski definition) is 1. The van der Waals surface area contributed by atoms with Crippen molar-refractivity contribution in [2.45, 2.75) is 38.5 Å². The molecule has 1 atom stereocenters. The number of amides is 1. The van der Waals surface area contributed by atoms with E-state index in [1.54, 1.807) is 35.1 Å². The van der Waals surface area contributed by atoms with Gasteiger partial charge in [-0.05, 0) is 43.2 Å². The van der Waals surface area contributed by atoms with E-state index in [0.29, 0.717) is 33.4 Å². The van der Waals surface area contributed by atoms with Crippen LogP contribution in [0.1, 0.15) is 32.6 Å². The molecule has 28 heavy (non-hydrogen) atoms. The van der Waals surface area contributed by atoms with Crippen LogP contribution in [0.5, 0.6) is 0 Å². The number of halogens is 1. The van der Waals surface area contributed by atoms with Crippen LogP contribution in [0.25, 0.3) is 10.9 Å². The Morgan fingerprint density at radius 3 is 2.79 bits per heavy atom. The highest BCUT2D eigenvalue weighted by Gasteiger charge is 2.16. The number of nitrogens with zero attached hydrogens (tertiary/aromatic N) is 2. The van der Waals surface area contributed by atoms with Gasteiger partial charge in [0, 0.05) is 11.6 Å². The maximum atomic E-state index is 13.0. The fourth-order valence-corrected chi connectivity index (χ4v) is 3.82. The van der Waals surface area contributed by atoms with Gasteiger partial charge in [0.1, 0.15) is 5.76 Å². The van der Waals surface area contributed by atoms with Crippen molar-refractivity contribution < 1.29 is 9.21 Å². The zero-order chi connectivity index (χ0) is 20.3. The summed E-state index contributed by atoms with van der Waals surface area (Å²) in [5.74, 6) is 0.934. The summed E-state index contributed by atoms with van der Waals surface area (Å²) in [7, 11) is 0. The van der Waals surface area contributed by atoms with Crippen LogP contribution in [0.15, 0.2) is 51.0 Å². The number of hydrogen-bond acceptors (Lipinski definition) is 5. The lowest BCUT2D eigenvalue weighted by Gasteiger charge is -2.15. The van der Waals surface area contributed by atoms with E-state index in [1.165, 1.54) is 11.8 Å². The maximum absolute atomic E-state index is 13.0. The number of fused-ring (bicyclic) bond motifs is 1. The molecule has 0 spiro atoms. The topological polar surface area (TPSA) is 77.1 Å². The molecule has 1 amide bonds. The normalized spacial score (nSPS) is 12.5. The summed E-state index contributed by atoms with van der Waals surface area (Å²) >= 11 is 7.29. The quantitative estimate of drug-likeness (QED) is 0.457. The molecule has 1 aromatic carbocycles. The van der Waals surface area contributed by atoms with Crippen molar-refractivity contribution in [1.29, 1.82) is 0 Å². The van der Waals surface area contributed by atoms with Crippen molar-refractivity contribution in [3.63, 3.8) is 0 Å². The molecule has 0 radical (unpaired) electrons. The van der Waals surface area contributed by atoms with E-state index < -0.39 is 0 Å². The summed E-state index contributed by atoms with van der Waals surface area (Å²) in [5.41, 5.74) is 0.425. The van der Waals surface area contributed by atoms with E-state index in [4.69, 9.17) is 16.0 Å². The van der Waals surface area contributed by atoms with E-state index >= 15 is 0 Å². The van der Waals surface area contributed by atoms with Crippen molar-refractivity contribution in [3.8, 4) is 0 Å². The number of thioether (sulfide) groups is 1. The first-order chi connectivity index (χ1) is 13.3. The maximum Gasteiger partial charge on any atom is 0.262 e. The summed E-state index contributed by atoms with van der Waals surface area (Å²) in [4.78, 5) is 29.9. The van der Waals surface area contributed by atoms with Gasteiger partial charge in [-0.3, -0.25) is 14.2 Å². The number of rotatable bonds is 7. The van der Waals surface area contributed by atoms with Gasteiger partial charge in [0.2, 0.25) is 5.91 Å². The molecule has 148 valence electrons. The third kappa shape index (κ3) is 4.77. The number of aromatic nitrogens is 2. The highest BCUT2D eigenvalue weighted by Crippen LogP contribution is 2.21. The van der Waals surface area contributed by atoms with Crippen molar-refractivity contribution in [2.24, 2.45) is 5.92 Å². The molecule has 0 unspecified atom stereocenters. The van der Waals surface area contributed by atoms with Crippen molar-refractivity contribution in [1.82, 2.24) is 14.9 Å². The average Bonchev–Trinajstić information content (AvgIpc) is 3.18. The van der Waals surface area contributed by atoms with Gasteiger partial charge in [-0.1, -0.05) is 37.2 Å². The van der Waals surface area contributed by atoms with E-state index in [-0.39, 0.29) is 29.2 Å². The standard InChI is InChI=1S/C20H22ClN3O3S/c1-12(2)10-24-19(26)15-9-14(21)6-7-16(15)23-20(24)28-11-18(25)22-13(3)17-5-4-8-27-17/h4-9,12-13H,10-11H2,1-3H3,(H,22,25)/t13-/m0/s1. The first kappa shape index (κ1) is 20.5. The lowest BCUT2D eigenvalue weighted by molar-refractivity contribution is -0.119. The Labute approximate surface area is 172 Å². The van der Waals surface area contributed by atoms with E-state index in [1.807, 2.05) is 26.8 Å². The fourth-order valence-electron chi connectivity index (χ4n) is 2.83. The highest BCUT2D eigenvalue weighted by molar-refractivity contribution is 7.99. The molecular weight excluding hydrogens is 398 g/mol. The highest BCUT2D eigenvalue weighted by atomic mass is 35.5. The van der Waals surface area contributed by atoms with E-state index in [0.717, 1.165) is 0 Å². The van der Waals surface area contributed by atoms with E-state index in [2.05, 4.69) is 10.3 Å². The van der Waals surface area contributed by atoms with Crippen LogP contribution in [0, 0.1) is 5.92 Å². The zero-order valence-corrected chi connectivity index (χ0v) is 17.5. The Hall–Kier alpha value is -2.25. The summed E-state index contributed by atoms with van der Waals surface area (Å²) in [6, 6.07) is 8.43. The molecule has 2 aromatic heterocycles. The Balaban J connectivity index is 1.82. The van der Waals surface area contributed by atoms with Crippen LogP contribution in [0.3, 0.4) is 0 Å². The van der Waals surface area contributed by atoms with Crippen molar-refractivity contribution in [3.05, 3.63) is 57.7 Å². The molecular formula is C20H22ClN3O3S. The Bertz CT molecular complexity index is 1030. The van der Waals surface area contributed by atoms with Gasteiger partial charge in [-0.2, -0.15) is 0 Å². The Morgan fingerprint density at radius 2 is 2.11 bits per heavy atom. The molecule has 8 heteroatoms. The van der Waals surface area contributed by atoms with Gasteiger partial charge < -0.3 is 9.73 Å².